The Morgan fingerprint density at radius 1 is 1.33 bits per heavy atom. The van der Waals surface area contributed by atoms with Gasteiger partial charge in [0.1, 0.15) is 16.5 Å². The number of aryl methyl sites for hydroxylation is 2. The molecule has 114 valence electrons. The Hall–Kier alpha value is -1.57. The lowest BCUT2D eigenvalue weighted by Gasteiger charge is -2.13. The molecule has 6 nitrogen and oxygen atoms in total. The summed E-state index contributed by atoms with van der Waals surface area (Å²) in [5.74, 6) is 1.36. The number of halogens is 1. The topological polar surface area (TPSA) is 92.2 Å². The minimum atomic E-state index is -3.80. The average molecular weight is 331 g/mol. The molecule has 0 radical (unpaired) electrons. The van der Waals surface area contributed by atoms with Crippen LogP contribution in [0.15, 0.2) is 32.4 Å². The van der Waals surface area contributed by atoms with Crippen molar-refractivity contribution in [1.82, 2.24) is 9.71 Å². The lowest BCUT2D eigenvalue weighted by molar-refractivity contribution is 0.496. The molecular formula is C13H15ClN2O4S. The smallest absolute Gasteiger partial charge is 0.266 e. The number of nitrogens with one attached hydrogen (secondary N) is 2. The van der Waals surface area contributed by atoms with Crippen molar-refractivity contribution in [2.75, 3.05) is 0 Å². The Morgan fingerprint density at radius 2 is 2.00 bits per heavy atom. The fourth-order valence-electron chi connectivity index (χ4n) is 2.04. The van der Waals surface area contributed by atoms with Gasteiger partial charge in [0, 0.05) is 17.8 Å². The summed E-state index contributed by atoms with van der Waals surface area (Å²) in [5.41, 5.74) is 0.219. The highest BCUT2D eigenvalue weighted by Gasteiger charge is 2.22. The largest absolute Gasteiger partial charge is 0.466 e. The van der Waals surface area contributed by atoms with Crippen molar-refractivity contribution in [3.63, 3.8) is 0 Å². The first-order valence-electron chi connectivity index (χ1n) is 6.18. The molecule has 0 saturated carbocycles. The molecule has 2 heterocycles. The molecule has 2 rings (SSSR count). The van der Waals surface area contributed by atoms with E-state index in [9.17, 15) is 13.2 Å². The summed E-state index contributed by atoms with van der Waals surface area (Å²) in [7, 11) is -3.80. The summed E-state index contributed by atoms with van der Waals surface area (Å²) >= 11 is 5.65. The summed E-state index contributed by atoms with van der Waals surface area (Å²) in [6.07, 6.45) is 1.11. The number of sulfonamides is 1. The van der Waals surface area contributed by atoms with Gasteiger partial charge in [0.05, 0.1) is 4.90 Å². The second kappa shape index (κ2) is 5.67. The Kier molecular flexibility index (Phi) is 4.27. The highest BCUT2D eigenvalue weighted by molar-refractivity contribution is 7.89. The van der Waals surface area contributed by atoms with E-state index in [1.807, 2.05) is 0 Å². The highest BCUT2D eigenvalue weighted by Crippen LogP contribution is 2.23. The zero-order valence-electron chi connectivity index (χ0n) is 11.7. The molecule has 8 heteroatoms. The van der Waals surface area contributed by atoms with E-state index in [-0.39, 0.29) is 9.92 Å². The molecule has 2 N–H and O–H groups in total. The Morgan fingerprint density at radius 3 is 2.52 bits per heavy atom. The van der Waals surface area contributed by atoms with Crippen LogP contribution in [-0.4, -0.2) is 13.4 Å². The zero-order valence-corrected chi connectivity index (χ0v) is 13.3. The van der Waals surface area contributed by atoms with Crippen molar-refractivity contribution in [3.05, 3.63) is 50.8 Å². The minimum Gasteiger partial charge on any atom is -0.466 e. The fourth-order valence-corrected chi connectivity index (χ4v) is 3.49. The van der Waals surface area contributed by atoms with Gasteiger partial charge in [-0.05, 0) is 32.9 Å². The third kappa shape index (κ3) is 3.37. The maximum Gasteiger partial charge on any atom is 0.266 e. The van der Waals surface area contributed by atoms with E-state index in [1.165, 1.54) is 0 Å². The highest BCUT2D eigenvalue weighted by atomic mass is 35.5. The molecule has 0 saturated heterocycles. The second-order valence-corrected chi connectivity index (χ2v) is 6.85. The summed E-state index contributed by atoms with van der Waals surface area (Å²) in [6, 6.07) is 2.42. The van der Waals surface area contributed by atoms with E-state index in [4.69, 9.17) is 16.0 Å². The third-order valence-corrected chi connectivity index (χ3v) is 4.82. The van der Waals surface area contributed by atoms with Crippen molar-refractivity contribution in [2.45, 2.75) is 31.7 Å². The first-order chi connectivity index (χ1) is 9.70. The molecule has 1 unspecified atom stereocenters. The van der Waals surface area contributed by atoms with Crippen LogP contribution in [0.25, 0.3) is 0 Å². The van der Waals surface area contributed by atoms with Crippen molar-refractivity contribution in [3.8, 4) is 0 Å². The molecule has 0 aliphatic carbocycles. The second-order valence-electron chi connectivity index (χ2n) is 4.72. The minimum absolute atomic E-state index is 0.100. The van der Waals surface area contributed by atoms with Crippen molar-refractivity contribution in [1.29, 1.82) is 0 Å². The van der Waals surface area contributed by atoms with Gasteiger partial charge in [-0.25, -0.2) is 13.1 Å². The van der Waals surface area contributed by atoms with Gasteiger partial charge in [-0.2, -0.15) is 0 Å². The van der Waals surface area contributed by atoms with Crippen LogP contribution in [0.3, 0.4) is 0 Å². The van der Waals surface area contributed by atoms with Crippen molar-refractivity contribution in [2.24, 2.45) is 0 Å². The summed E-state index contributed by atoms with van der Waals surface area (Å²) in [4.78, 5) is 13.4. The van der Waals surface area contributed by atoms with Crippen LogP contribution in [0.5, 0.6) is 0 Å². The standard InChI is InChI=1S/C13H15ClN2O4S/c1-7-4-11(9(3)20-7)8(2)16-21(18,19)10-5-12(14)13(17)15-6-10/h4-6,8,16H,1-3H3,(H,15,17). The van der Waals surface area contributed by atoms with Gasteiger partial charge in [-0.3, -0.25) is 4.79 Å². The average Bonchev–Trinajstić information content (AvgIpc) is 2.71. The molecule has 0 aliphatic heterocycles. The van der Waals surface area contributed by atoms with Crippen LogP contribution in [0, 0.1) is 13.8 Å². The van der Waals surface area contributed by atoms with E-state index < -0.39 is 21.6 Å². The van der Waals surface area contributed by atoms with E-state index in [1.54, 1.807) is 26.8 Å². The monoisotopic (exact) mass is 330 g/mol. The molecule has 0 spiro atoms. The van der Waals surface area contributed by atoms with Crippen LogP contribution in [-0.2, 0) is 10.0 Å². The van der Waals surface area contributed by atoms with E-state index in [2.05, 4.69) is 9.71 Å². The van der Waals surface area contributed by atoms with Crippen molar-refractivity contribution >= 4 is 21.6 Å². The molecule has 2 aromatic heterocycles. The molecule has 0 aliphatic rings. The normalized spacial score (nSPS) is 13.3. The van der Waals surface area contributed by atoms with Crippen LogP contribution >= 0.6 is 11.6 Å². The van der Waals surface area contributed by atoms with Crippen LogP contribution in [0.4, 0.5) is 0 Å². The van der Waals surface area contributed by atoms with Gasteiger partial charge in [-0.1, -0.05) is 11.6 Å². The Bertz CT molecular complexity index is 823. The van der Waals surface area contributed by atoms with Gasteiger partial charge in [0.25, 0.3) is 5.56 Å². The fraction of sp³-hybridized carbons (Fsp3) is 0.308. The number of hydrogen-bond donors (Lipinski definition) is 2. The quantitative estimate of drug-likeness (QED) is 0.899. The van der Waals surface area contributed by atoms with Crippen LogP contribution in [0.2, 0.25) is 5.02 Å². The number of rotatable bonds is 4. The SMILES string of the molecule is Cc1cc(C(C)NS(=O)(=O)c2c[nH]c(=O)c(Cl)c2)c(C)o1. The number of pyridine rings is 1. The van der Waals surface area contributed by atoms with Gasteiger partial charge in [0.2, 0.25) is 10.0 Å². The summed E-state index contributed by atoms with van der Waals surface area (Å²) in [5, 5.41) is -0.180. The Balaban J connectivity index is 2.30. The number of aromatic nitrogens is 1. The predicted octanol–water partition coefficient (Wildman–Crippen LogP) is 2.28. The van der Waals surface area contributed by atoms with Gasteiger partial charge >= 0.3 is 0 Å². The predicted molar refractivity (Wildman–Crippen MR) is 79.0 cm³/mol. The number of H-pyrrole nitrogens is 1. The Labute approximate surface area is 127 Å². The molecule has 0 amide bonds. The molecule has 21 heavy (non-hydrogen) atoms. The van der Waals surface area contributed by atoms with Crippen LogP contribution < -0.4 is 10.3 Å². The number of furan rings is 1. The van der Waals surface area contributed by atoms with Gasteiger partial charge in [-0.15, -0.1) is 0 Å². The lowest BCUT2D eigenvalue weighted by atomic mass is 10.1. The molecule has 0 bridgehead atoms. The zero-order chi connectivity index (χ0) is 15.8. The number of aromatic amines is 1. The van der Waals surface area contributed by atoms with E-state index in [0.29, 0.717) is 11.5 Å². The van der Waals surface area contributed by atoms with Crippen molar-refractivity contribution < 1.29 is 12.8 Å². The molecular weight excluding hydrogens is 316 g/mol. The first kappa shape index (κ1) is 15.8. The maximum absolute atomic E-state index is 12.3. The maximum atomic E-state index is 12.3. The van der Waals surface area contributed by atoms with E-state index in [0.717, 1.165) is 17.8 Å². The first-order valence-corrected chi connectivity index (χ1v) is 8.04. The van der Waals surface area contributed by atoms with Gasteiger partial charge < -0.3 is 9.40 Å². The van der Waals surface area contributed by atoms with Crippen LogP contribution in [0.1, 0.15) is 30.0 Å². The molecule has 0 fully saturated rings. The summed E-state index contributed by atoms with van der Waals surface area (Å²) < 4.78 is 32.5. The molecule has 1 atom stereocenters. The van der Waals surface area contributed by atoms with E-state index >= 15 is 0 Å². The lowest BCUT2D eigenvalue weighted by Crippen LogP contribution is -2.27. The van der Waals surface area contributed by atoms with Gasteiger partial charge in [0.15, 0.2) is 0 Å². The third-order valence-electron chi connectivity index (χ3n) is 3.02. The number of hydrogen-bond acceptors (Lipinski definition) is 4. The molecule has 2 aromatic rings. The molecule has 0 aromatic carbocycles. The summed E-state index contributed by atoms with van der Waals surface area (Å²) in [6.45, 7) is 5.27.